The summed E-state index contributed by atoms with van der Waals surface area (Å²) in [7, 11) is 4.08. The molecule has 0 bridgehead atoms. The van der Waals surface area contributed by atoms with Crippen LogP contribution in [0.4, 0.5) is 5.69 Å². The highest BCUT2D eigenvalue weighted by Crippen LogP contribution is 2.38. The molecule has 0 unspecified atom stereocenters. The Morgan fingerprint density at radius 1 is 1.17 bits per heavy atom. The van der Waals surface area contributed by atoms with E-state index in [0.717, 1.165) is 4.90 Å². The highest BCUT2D eigenvalue weighted by Gasteiger charge is 2.56. The van der Waals surface area contributed by atoms with E-state index in [-0.39, 0.29) is 11.4 Å². The second-order valence-electron chi connectivity index (χ2n) is 5.12. The van der Waals surface area contributed by atoms with E-state index < -0.39 is 29.7 Å². The number of amides is 2. The van der Waals surface area contributed by atoms with Gasteiger partial charge in [-0.2, -0.15) is 5.10 Å². The lowest BCUT2D eigenvalue weighted by molar-refractivity contribution is -0.133. The van der Waals surface area contributed by atoms with Crippen molar-refractivity contribution in [2.75, 3.05) is 26.2 Å². The SMILES string of the molecule is COC(=O)C1=NN[C@@H]2C(=O)N(c3cc(OC)ccc3OC)C(=O)[C@@H]12. The number of hydrogen-bond donors (Lipinski definition) is 1. The predicted molar refractivity (Wildman–Crippen MR) is 81.9 cm³/mol. The molecule has 2 amide bonds. The quantitative estimate of drug-likeness (QED) is 0.595. The third-order valence-electron chi connectivity index (χ3n) is 3.95. The number of nitrogens with one attached hydrogen (secondary N) is 1. The van der Waals surface area contributed by atoms with Crippen LogP contribution in [0.25, 0.3) is 0 Å². The van der Waals surface area contributed by atoms with E-state index in [4.69, 9.17) is 9.47 Å². The number of ether oxygens (including phenoxy) is 3. The van der Waals surface area contributed by atoms with Gasteiger partial charge in [-0.15, -0.1) is 0 Å². The first-order valence-electron chi connectivity index (χ1n) is 7.04. The summed E-state index contributed by atoms with van der Waals surface area (Å²) in [6.45, 7) is 0. The molecule has 1 fully saturated rings. The van der Waals surface area contributed by atoms with Crippen LogP contribution in [0.15, 0.2) is 23.3 Å². The van der Waals surface area contributed by atoms with Crippen molar-refractivity contribution in [2.45, 2.75) is 6.04 Å². The van der Waals surface area contributed by atoms with Crippen molar-refractivity contribution in [3.05, 3.63) is 18.2 Å². The molecule has 0 aliphatic carbocycles. The van der Waals surface area contributed by atoms with Gasteiger partial charge in [-0.3, -0.25) is 15.0 Å². The molecule has 2 aliphatic rings. The van der Waals surface area contributed by atoms with E-state index in [2.05, 4.69) is 15.3 Å². The number of carbonyl (C=O) groups excluding carboxylic acids is 3. The molecule has 0 aromatic heterocycles. The Balaban J connectivity index is 2.03. The minimum atomic E-state index is -1.03. The molecule has 9 heteroatoms. The van der Waals surface area contributed by atoms with Crippen LogP contribution >= 0.6 is 0 Å². The molecule has 1 aromatic rings. The highest BCUT2D eigenvalue weighted by molar-refractivity contribution is 6.46. The average Bonchev–Trinajstić information content (AvgIpc) is 3.14. The Labute approximate surface area is 137 Å². The number of anilines is 1. The van der Waals surface area contributed by atoms with Gasteiger partial charge in [-0.25, -0.2) is 9.69 Å². The maximum absolute atomic E-state index is 12.8. The summed E-state index contributed by atoms with van der Waals surface area (Å²) in [4.78, 5) is 38.1. The lowest BCUT2D eigenvalue weighted by Crippen LogP contribution is -2.36. The first kappa shape index (κ1) is 15.8. The topological polar surface area (TPSA) is 107 Å². The van der Waals surface area contributed by atoms with Gasteiger partial charge in [-0.05, 0) is 12.1 Å². The molecule has 1 aromatic carbocycles. The van der Waals surface area contributed by atoms with Gasteiger partial charge >= 0.3 is 5.97 Å². The molecule has 126 valence electrons. The van der Waals surface area contributed by atoms with Gasteiger partial charge in [0.2, 0.25) is 5.91 Å². The number of imide groups is 1. The Hall–Kier alpha value is -3.10. The van der Waals surface area contributed by atoms with Crippen molar-refractivity contribution in [3.8, 4) is 11.5 Å². The zero-order chi connectivity index (χ0) is 17.4. The number of hydrogen-bond acceptors (Lipinski definition) is 8. The normalized spacial score (nSPS) is 22.0. The van der Waals surface area contributed by atoms with Crippen LogP contribution in [0.3, 0.4) is 0 Å². The monoisotopic (exact) mass is 333 g/mol. The Kier molecular flexibility index (Phi) is 3.84. The van der Waals surface area contributed by atoms with Crippen molar-refractivity contribution in [3.63, 3.8) is 0 Å². The predicted octanol–water partition coefficient (Wildman–Crippen LogP) is -0.306. The van der Waals surface area contributed by atoms with E-state index in [1.807, 2.05) is 0 Å². The number of carbonyl (C=O) groups is 3. The van der Waals surface area contributed by atoms with Crippen molar-refractivity contribution in [1.29, 1.82) is 0 Å². The van der Waals surface area contributed by atoms with Crippen LogP contribution in [-0.4, -0.2) is 50.9 Å². The summed E-state index contributed by atoms with van der Waals surface area (Å²) < 4.78 is 15.0. The molecular formula is C15H15N3O6. The highest BCUT2D eigenvalue weighted by atomic mass is 16.5. The third-order valence-corrected chi connectivity index (χ3v) is 3.95. The first-order valence-corrected chi connectivity index (χ1v) is 7.04. The number of rotatable bonds is 4. The molecule has 0 radical (unpaired) electrons. The number of methoxy groups -OCH3 is 3. The largest absolute Gasteiger partial charge is 0.497 e. The Bertz CT molecular complexity index is 760. The number of hydrazone groups is 1. The van der Waals surface area contributed by atoms with E-state index in [9.17, 15) is 14.4 Å². The van der Waals surface area contributed by atoms with Gasteiger partial charge in [-0.1, -0.05) is 0 Å². The number of esters is 1. The minimum absolute atomic E-state index is 0.120. The van der Waals surface area contributed by atoms with E-state index in [1.165, 1.54) is 27.4 Å². The summed E-state index contributed by atoms with van der Waals surface area (Å²) in [5.41, 5.74) is 2.66. The molecule has 2 aliphatic heterocycles. The van der Waals surface area contributed by atoms with Crippen molar-refractivity contribution in [1.82, 2.24) is 5.43 Å². The van der Waals surface area contributed by atoms with E-state index >= 15 is 0 Å². The van der Waals surface area contributed by atoms with Crippen LogP contribution in [-0.2, 0) is 19.1 Å². The van der Waals surface area contributed by atoms with Crippen LogP contribution in [0.2, 0.25) is 0 Å². The zero-order valence-corrected chi connectivity index (χ0v) is 13.2. The smallest absolute Gasteiger partial charge is 0.355 e. The summed E-state index contributed by atoms with van der Waals surface area (Å²) >= 11 is 0. The van der Waals surface area contributed by atoms with Crippen molar-refractivity contribution >= 4 is 29.2 Å². The molecule has 2 atom stereocenters. The lowest BCUT2D eigenvalue weighted by atomic mass is 9.99. The fourth-order valence-electron chi connectivity index (χ4n) is 2.77. The fourth-order valence-corrected chi connectivity index (χ4v) is 2.77. The number of fused-ring (bicyclic) bond motifs is 1. The lowest BCUT2D eigenvalue weighted by Gasteiger charge is -2.19. The maximum atomic E-state index is 12.8. The molecule has 3 rings (SSSR count). The molecule has 0 spiro atoms. The molecule has 0 saturated carbocycles. The maximum Gasteiger partial charge on any atom is 0.355 e. The van der Waals surface area contributed by atoms with Gasteiger partial charge in [0, 0.05) is 6.07 Å². The molecule has 9 nitrogen and oxygen atoms in total. The first-order chi connectivity index (χ1) is 11.5. The van der Waals surface area contributed by atoms with Crippen LogP contribution in [0.5, 0.6) is 11.5 Å². The van der Waals surface area contributed by atoms with E-state index in [1.54, 1.807) is 12.1 Å². The second-order valence-corrected chi connectivity index (χ2v) is 5.12. The summed E-state index contributed by atoms with van der Waals surface area (Å²) in [6, 6.07) is 3.81. The molecule has 2 heterocycles. The number of benzene rings is 1. The van der Waals surface area contributed by atoms with Crippen molar-refractivity contribution < 1.29 is 28.6 Å². The van der Waals surface area contributed by atoms with Crippen molar-refractivity contribution in [2.24, 2.45) is 11.0 Å². The van der Waals surface area contributed by atoms with Gasteiger partial charge < -0.3 is 14.2 Å². The van der Waals surface area contributed by atoms with Gasteiger partial charge in [0.05, 0.1) is 27.0 Å². The molecule has 1 N–H and O–H groups in total. The van der Waals surface area contributed by atoms with Gasteiger partial charge in [0.1, 0.15) is 23.5 Å². The van der Waals surface area contributed by atoms with Crippen LogP contribution in [0.1, 0.15) is 0 Å². The average molecular weight is 333 g/mol. The van der Waals surface area contributed by atoms with Gasteiger partial charge in [0.25, 0.3) is 5.91 Å². The molecule has 1 saturated heterocycles. The zero-order valence-electron chi connectivity index (χ0n) is 13.2. The van der Waals surface area contributed by atoms with E-state index in [0.29, 0.717) is 11.5 Å². The molecular weight excluding hydrogens is 318 g/mol. The van der Waals surface area contributed by atoms with Gasteiger partial charge in [0.15, 0.2) is 5.71 Å². The minimum Gasteiger partial charge on any atom is -0.497 e. The second kappa shape index (κ2) is 5.84. The summed E-state index contributed by atoms with van der Waals surface area (Å²) in [5, 5.41) is 3.76. The van der Waals surface area contributed by atoms with Crippen LogP contribution < -0.4 is 19.8 Å². The number of nitrogens with zero attached hydrogens (tertiary/aromatic N) is 2. The fraction of sp³-hybridized carbons (Fsp3) is 0.333. The Morgan fingerprint density at radius 2 is 1.92 bits per heavy atom. The standard InChI is InChI=1S/C15H15N3O6/c1-22-7-4-5-9(23-2)8(6-7)18-13(19)10-11(14(18)20)16-17-12(10)15(21)24-3/h4-6,10-11,16H,1-3H3/t10-,11+/m1/s1. The summed E-state index contributed by atoms with van der Waals surface area (Å²) in [5.74, 6) is -2.10. The molecule has 24 heavy (non-hydrogen) atoms. The van der Waals surface area contributed by atoms with Crippen LogP contribution in [0, 0.1) is 5.92 Å². The third kappa shape index (κ3) is 2.16. The summed E-state index contributed by atoms with van der Waals surface area (Å²) in [6.07, 6.45) is 0. The Morgan fingerprint density at radius 3 is 2.54 bits per heavy atom.